The average molecular weight is 311 g/mol. The fourth-order valence-electron chi connectivity index (χ4n) is 2.42. The molecular weight excluding hydrogens is 299 g/mol. The number of hydrogen-bond donors (Lipinski definition) is 0. The molecule has 1 nitrogen and oxygen atoms in total. The number of ketones is 1. The zero-order chi connectivity index (χ0) is 13.4. The minimum Gasteiger partial charge on any atom is -0.293 e. The molecule has 1 aromatic carbocycles. The zero-order valence-corrected chi connectivity index (χ0v) is 12.5. The molecule has 0 saturated heterocycles. The Hall–Kier alpha value is -0.830. The quantitative estimate of drug-likeness (QED) is 0.732. The van der Waals surface area contributed by atoms with E-state index in [2.05, 4.69) is 0 Å². The highest BCUT2D eigenvalue weighted by atomic mass is 35.5. The van der Waals surface area contributed by atoms with Crippen LogP contribution in [0.15, 0.2) is 24.3 Å². The number of fused-ring (bicyclic) bond motifs is 1. The molecule has 1 aromatic heterocycles. The number of Topliss-reactive ketones (excluding diaryl/α,β-unsaturated/α-hetero) is 1. The van der Waals surface area contributed by atoms with Crippen LogP contribution in [0.25, 0.3) is 0 Å². The number of carbonyl (C=O) groups excluding carboxylic acids is 1. The SMILES string of the molecule is O=C(Cc1c(Cl)cccc1Cl)c1cc2c(s1)CCC2. The van der Waals surface area contributed by atoms with Gasteiger partial charge in [0, 0.05) is 21.3 Å². The maximum Gasteiger partial charge on any atom is 0.177 e. The van der Waals surface area contributed by atoms with Crippen LogP contribution >= 0.6 is 34.5 Å². The van der Waals surface area contributed by atoms with Crippen molar-refractivity contribution in [2.45, 2.75) is 25.7 Å². The summed E-state index contributed by atoms with van der Waals surface area (Å²) in [7, 11) is 0. The van der Waals surface area contributed by atoms with Crippen LogP contribution in [0.1, 0.15) is 32.1 Å². The highest BCUT2D eigenvalue weighted by Gasteiger charge is 2.19. The molecule has 0 bridgehead atoms. The van der Waals surface area contributed by atoms with Gasteiger partial charge in [-0.25, -0.2) is 0 Å². The Labute approximate surface area is 126 Å². The third-order valence-electron chi connectivity index (χ3n) is 3.42. The summed E-state index contributed by atoms with van der Waals surface area (Å²) in [4.78, 5) is 14.5. The monoisotopic (exact) mass is 310 g/mol. The molecule has 0 unspecified atom stereocenters. The summed E-state index contributed by atoms with van der Waals surface area (Å²) in [6.45, 7) is 0. The van der Waals surface area contributed by atoms with Crippen molar-refractivity contribution in [2.75, 3.05) is 0 Å². The molecule has 1 aliphatic rings. The molecule has 1 heterocycles. The van der Waals surface area contributed by atoms with E-state index in [0.29, 0.717) is 10.0 Å². The molecule has 0 N–H and O–H groups in total. The Morgan fingerprint density at radius 2 is 1.95 bits per heavy atom. The van der Waals surface area contributed by atoms with Gasteiger partial charge in [-0.1, -0.05) is 29.3 Å². The van der Waals surface area contributed by atoms with Crippen LogP contribution in [0.5, 0.6) is 0 Å². The second-order valence-electron chi connectivity index (χ2n) is 4.71. The summed E-state index contributed by atoms with van der Waals surface area (Å²) in [5.74, 6) is 0.106. The van der Waals surface area contributed by atoms with E-state index < -0.39 is 0 Å². The van der Waals surface area contributed by atoms with Crippen LogP contribution in [0.4, 0.5) is 0 Å². The minimum absolute atomic E-state index is 0.106. The Morgan fingerprint density at radius 3 is 2.63 bits per heavy atom. The molecule has 0 spiro atoms. The van der Waals surface area contributed by atoms with Crippen LogP contribution < -0.4 is 0 Å². The number of benzene rings is 1. The lowest BCUT2D eigenvalue weighted by Crippen LogP contribution is -2.02. The van der Waals surface area contributed by atoms with Gasteiger partial charge >= 0.3 is 0 Å². The lowest BCUT2D eigenvalue weighted by molar-refractivity contribution is 0.0997. The van der Waals surface area contributed by atoms with Gasteiger partial charge in [0.25, 0.3) is 0 Å². The Bertz CT molecular complexity index is 604. The normalized spacial score (nSPS) is 13.6. The molecule has 0 atom stereocenters. The maximum absolute atomic E-state index is 12.3. The molecule has 3 rings (SSSR count). The molecule has 19 heavy (non-hydrogen) atoms. The van der Waals surface area contributed by atoms with Gasteiger partial charge < -0.3 is 0 Å². The van der Waals surface area contributed by atoms with E-state index in [1.54, 1.807) is 29.5 Å². The molecular formula is C15H12Cl2OS. The van der Waals surface area contributed by atoms with Crippen molar-refractivity contribution in [1.82, 2.24) is 0 Å². The van der Waals surface area contributed by atoms with Gasteiger partial charge in [-0.3, -0.25) is 4.79 Å². The van der Waals surface area contributed by atoms with E-state index in [-0.39, 0.29) is 12.2 Å². The number of thiophene rings is 1. The molecule has 4 heteroatoms. The predicted octanol–water partition coefficient (Wildman–Crippen LogP) is 4.97. The standard InChI is InChI=1S/C15H12Cl2OS/c16-11-4-2-5-12(17)10(11)8-13(18)15-7-9-3-1-6-14(9)19-15/h2,4-5,7H,1,3,6,8H2. The first-order chi connectivity index (χ1) is 9.15. The van der Waals surface area contributed by atoms with E-state index in [0.717, 1.165) is 23.3 Å². The van der Waals surface area contributed by atoms with Gasteiger partial charge in [0.2, 0.25) is 0 Å². The van der Waals surface area contributed by atoms with E-state index >= 15 is 0 Å². The van der Waals surface area contributed by atoms with Crippen molar-refractivity contribution in [3.05, 3.63) is 55.2 Å². The van der Waals surface area contributed by atoms with Crippen LogP contribution in [0.3, 0.4) is 0 Å². The van der Waals surface area contributed by atoms with Crippen LogP contribution in [-0.2, 0) is 19.3 Å². The number of aryl methyl sites for hydroxylation is 2. The van der Waals surface area contributed by atoms with Crippen LogP contribution in [0, 0.1) is 0 Å². The molecule has 1 aliphatic carbocycles. The van der Waals surface area contributed by atoms with Crippen molar-refractivity contribution < 1.29 is 4.79 Å². The number of halogens is 2. The summed E-state index contributed by atoms with van der Waals surface area (Å²) >= 11 is 13.8. The largest absolute Gasteiger partial charge is 0.293 e. The fraction of sp³-hybridized carbons (Fsp3) is 0.267. The van der Waals surface area contributed by atoms with E-state index in [9.17, 15) is 4.79 Å². The second kappa shape index (κ2) is 5.28. The molecule has 0 saturated carbocycles. The van der Waals surface area contributed by atoms with Crippen molar-refractivity contribution >= 4 is 40.3 Å². The topological polar surface area (TPSA) is 17.1 Å². The summed E-state index contributed by atoms with van der Waals surface area (Å²) < 4.78 is 0. The minimum atomic E-state index is 0.106. The van der Waals surface area contributed by atoms with Crippen molar-refractivity contribution in [1.29, 1.82) is 0 Å². The van der Waals surface area contributed by atoms with Crippen molar-refractivity contribution in [3.63, 3.8) is 0 Å². The Morgan fingerprint density at radius 1 is 1.21 bits per heavy atom. The van der Waals surface area contributed by atoms with Gasteiger partial charge in [-0.15, -0.1) is 11.3 Å². The Balaban J connectivity index is 1.85. The third-order valence-corrected chi connectivity index (χ3v) is 5.41. The van der Waals surface area contributed by atoms with Gasteiger partial charge in [0.1, 0.15) is 0 Å². The van der Waals surface area contributed by atoms with Crippen molar-refractivity contribution in [3.8, 4) is 0 Å². The van der Waals surface area contributed by atoms with Crippen LogP contribution in [-0.4, -0.2) is 5.78 Å². The van der Waals surface area contributed by atoms with Crippen LogP contribution in [0.2, 0.25) is 10.0 Å². The smallest absolute Gasteiger partial charge is 0.177 e. The predicted molar refractivity (Wildman–Crippen MR) is 80.8 cm³/mol. The highest BCUT2D eigenvalue weighted by Crippen LogP contribution is 2.32. The third kappa shape index (κ3) is 2.58. The zero-order valence-electron chi connectivity index (χ0n) is 10.2. The lowest BCUT2D eigenvalue weighted by atomic mass is 10.1. The average Bonchev–Trinajstić information content (AvgIpc) is 2.94. The number of rotatable bonds is 3. The molecule has 98 valence electrons. The van der Waals surface area contributed by atoms with Crippen molar-refractivity contribution in [2.24, 2.45) is 0 Å². The first kappa shape index (κ1) is 13.2. The second-order valence-corrected chi connectivity index (χ2v) is 6.66. The first-order valence-corrected chi connectivity index (χ1v) is 7.80. The lowest BCUT2D eigenvalue weighted by Gasteiger charge is -2.05. The van der Waals surface area contributed by atoms with Gasteiger partial charge in [-0.2, -0.15) is 0 Å². The van der Waals surface area contributed by atoms with E-state index in [4.69, 9.17) is 23.2 Å². The molecule has 2 aromatic rings. The fourth-order valence-corrected chi connectivity index (χ4v) is 4.14. The molecule has 0 aliphatic heterocycles. The van der Waals surface area contributed by atoms with E-state index in [1.165, 1.54) is 16.9 Å². The molecule has 0 fully saturated rings. The molecule has 0 radical (unpaired) electrons. The van der Waals surface area contributed by atoms with Gasteiger partial charge in [0.05, 0.1) is 4.88 Å². The highest BCUT2D eigenvalue weighted by molar-refractivity contribution is 7.14. The summed E-state index contributed by atoms with van der Waals surface area (Å²) in [6, 6.07) is 7.37. The van der Waals surface area contributed by atoms with Gasteiger partial charge in [0.15, 0.2) is 5.78 Å². The van der Waals surface area contributed by atoms with E-state index in [1.807, 2.05) is 6.07 Å². The first-order valence-electron chi connectivity index (χ1n) is 6.23. The summed E-state index contributed by atoms with van der Waals surface area (Å²) in [5.41, 5.74) is 2.07. The van der Waals surface area contributed by atoms with Gasteiger partial charge in [-0.05, 0) is 48.6 Å². The summed E-state index contributed by atoms with van der Waals surface area (Å²) in [5, 5.41) is 1.12. The number of carbonyl (C=O) groups is 1. The number of hydrogen-bond acceptors (Lipinski definition) is 2. The maximum atomic E-state index is 12.3. The molecule has 0 amide bonds. The summed E-state index contributed by atoms with van der Waals surface area (Å²) in [6.07, 6.45) is 3.70. The Kier molecular flexibility index (Phi) is 3.66.